The third-order valence-corrected chi connectivity index (χ3v) is 1.84. The molecule has 0 aromatic rings. The Balaban J connectivity index is 2.31. The molecule has 0 aromatic carbocycles. The summed E-state index contributed by atoms with van der Waals surface area (Å²) < 4.78 is 0. The lowest BCUT2D eigenvalue weighted by Crippen LogP contribution is -2.43. The van der Waals surface area contributed by atoms with Crippen LogP contribution in [0.15, 0.2) is 0 Å². The molecule has 1 rings (SSSR count). The maximum atomic E-state index is 11.0. The molecule has 1 fully saturated rings. The minimum atomic E-state index is -0.377. The van der Waals surface area contributed by atoms with E-state index in [-0.39, 0.29) is 17.5 Å². The molecule has 1 saturated carbocycles. The van der Waals surface area contributed by atoms with Crippen molar-refractivity contribution in [2.24, 2.45) is 5.73 Å². The highest BCUT2D eigenvalue weighted by Gasteiger charge is 2.38. The van der Waals surface area contributed by atoms with Crippen LogP contribution in [0.25, 0.3) is 0 Å². The van der Waals surface area contributed by atoms with E-state index in [1.165, 1.54) is 0 Å². The third kappa shape index (κ3) is 1.70. The highest BCUT2D eigenvalue weighted by molar-refractivity contribution is 5.82. The molecule has 10 heavy (non-hydrogen) atoms. The summed E-state index contributed by atoms with van der Waals surface area (Å²) in [4.78, 5) is 11.0. The number of rotatable bonds is 2. The highest BCUT2D eigenvalue weighted by atomic mass is 16.2. The van der Waals surface area contributed by atoms with Gasteiger partial charge in [-0.2, -0.15) is 0 Å². The Morgan fingerprint density at radius 1 is 1.70 bits per heavy atom. The summed E-state index contributed by atoms with van der Waals surface area (Å²) >= 11 is 0. The zero-order valence-corrected chi connectivity index (χ0v) is 6.48. The minimum absolute atomic E-state index is 0.0417. The van der Waals surface area contributed by atoms with Gasteiger partial charge in [0.25, 0.3) is 0 Å². The smallest absolute Gasteiger partial charge is 0.237 e. The molecule has 3 nitrogen and oxygen atoms in total. The Morgan fingerprint density at radius 3 is 2.50 bits per heavy atom. The molecule has 1 amide bonds. The molecule has 0 bridgehead atoms. The molecule has 0 aliphatic heterocycles. The highest BCUT2D eigenvalue weighted by Crippen LogP contribution is 2.34. The van der Waals surface area contributed by atoms with Gasteiger partial charge in [-0.1, -0.05) is 0 Å². The van der Waals surface area contributed by atoms with Crippen LogP contribution in [0.4, 0.5) is 0 Å². The average Bonchev–Trinajstić information content (AvgIpc) is 2.47. The number of hydrogen-bond acceptors (Lipinski definition) is 2. The Hall–Kier alpha value is -0.570. The lowest BCUT2D eigenvalue weighted by Gasteiger charge is -2.12. The number of amides is 1. The standard InChI is InChI=1S/C7H14N2O/c1-5(8)6(10)9-7(2)3-4-7/h5H,3-4,8H2,1-2H3,(H,9,10)/t5-/m0/s1. The first-order chi connectivity index (χ1) is 4.53. The molecule has 58 valence electrons. The van der Waals surface area contributed by atoms with Crippen LogP contribution in [-0.4, -0.2) is 17.5 Å². The molecule has 1 aliphatic rings. The van der Waals surface area contributed by atoms with Crippen molar-refractivity contribution in [3.8, 4) is 0 Å². The first kappa shape index (κ1) is 7.54. The maximum absolute atomic E-state index is 11.0. The number of nitrogens with one attached hydrogen (secondary N) is 1. The molecule has 0 aromatic heterocycles. The predicted octanol–water partition coefficient (Wildman–Crippen LogP) is 0.00230. The van der Waals surface area contributed by atoms with Crippen molar-refractivity contribution in [1.29, 1.82) is 0 Å². The number of hydrogen-bond donors (Lipinski definition) is 2. The van der Waals surface area contributed by atoms with Gasteiger partial charge in [0.2, 0.25) is 5.91 Å². The Morgan fingerprint density at radius 2 is 2.20 bits per heavy atom. The summed E-state index contributed by atoms with van der Waals surface area (Å²) in [5, 5.41) is 2.87. The van der Waals surface area contributed by atoms with Gasteiger partial charge in [0.05, 0.1) is 6.04 Å². The fraction of sp³-hybridized carbons (Fsp3) is 0.857. The van der Waals surface area contributed by atoms with E-state index in [0.717, 1.165) is 12.8 Å². The first-order valence-corrected chi connectivity index (χ1v) is 3.61. The van der Waals surface area contributed by atoms with Crippen LogP contribution in [0.5, 0.6) is 0 Å². The van der Waals surface area contributed by atoms with Crippen molar-refractivity contribution in [1.82, 2.24) is 5.32 Å². The number of nitrogens with two attached hydrogens (primary N) is 1. The SMILES string of the molecule is C[C@H](N)C(=O)NC1(C)CC1. The molecule has 1 aliphatic carbocycles. The zero-order valence-electron chi connectivity index (χ0n) is 6.48. The summed E-state index contributed by atoms with van der Waals surface area (Å²) in [6, 6.07) is -0.377. The molecule has 0 heterocycles. The summed E-state index contributed by atoms with van der Waals surface area (Å²) in [5.74, 6) is -0.0417. The van der Waals surface area contributed by atoms with Crippen LogP contribution in [-0.2, 0) is 4.79 Å². The minimum Gasteiger partial charge on any atom is -0.350 e. The van der Waals surface area contributed by atoms with E-state index in [0.29, 0.717) is 0 Å². The molecule has 0 saturated heterocycles. The van der Waals surface area contributed by atoms with Crippen LogP contribution in [0.2, 0.25) is 0 Å². The lowest BCUT2D eigenvalue weighted by molar-refractivity contribution is -0.122. The summed E-state index contributed by atoms with van der Waals surface area (Å²) in [6.45, 7) is 3.73. The number of carbonyl (C=O) groups excluding carboxylic acids is 1. The van der Waals surface area contributed by atoms with E-state index >= 15 is 0 Å². The van der Waals surface area contributed by atoms with E-state index < -0.39 is 0 Å². The van der Waals surface area contributed by atoms with Gasteiger partial charge in [0.15, 0.2) is 0 Å². The van der Waals surface area contributed by atoms with Gasteiger partial charge in [-0.05, 0) is 26.7 Å². The Bertz CT molecular complexity index is 150. The molecule has 0 radical (unpaired) electrons. The van der Waals surface area contributed by atoms with Crippen LogP contribution in [0, 0.1) is 0 Å². The molecular formula is C7H14N2O. The number of carbonyl (C=O) groups is 1. The normalized spacial score (nSPS) is 23.5. The third-order valence-electron chi connectivity index (χ3n) is 1.84. The van der Waals surface area contributed by atoms with Crippen LogP contribution < -0.4 is 11.1 Å². The van der Waals surface area contributed by atoms with Gasteiger partial charge >= 0.3 is 0 Å². The van der Waals surface area contributed by atoms with Gasteiger partial charge in [0, 0.05) is 5.54 Å². The van der Waals surface area contributed by atoms with Gasteiger partial charge in [0.1, 0.15) is 0 Å². The van der Waals surface area contributed by atoms with Crippen molar-refractivity contribution < 1.29 is 4.79 Å². The second-order valence-corrected chi connectivity index (χ2v) is 3.34. The van der Waals surface area contributed by atoms with Crippen LogP contribution in [0.3, 0.4) is 0 Å². The first-order valence-electron chi connectivity index (χ1n) is 3.61. The molecule has 0 unspecified atom stereocenters. The molecule has 3 N–H and O–H groups in total. The largest absolute Gasteiger partial charge is 0.350 e. The van der Waals surface area contributed by atoms with Gasteiger partial charge in [-0.15, -0.1) is 0 Å². The van der Waals surface area contributed by atoms with Gasteiger partial charge < -0.3 is 11.1 Å². The van der Waals surface area contributed by atoms with E-state index in [4.69, 9.17) is 5.73 Å². The van der Waals surface area contributed by atoms with Gasteiger partial charge in [-0.3, -0.25) is 4.79 Å². The topological polar surface area (TPSA) is 55.1 Å². The van der Waals surface area contributed by atoms with Gasteiger partial charge in [-0.25, -0.2) is 0 Å². The van der Waals surface area contributed by atoms with E-state index in [1.54, 1.807) is 6.92 Å². The predicted molar refractivity (Wildman–Crippen MR) is 39.4 cm³/mol. The quantitative estimate of drug-likeness (QED) is 0.570. The zero-order chi connectivity index (χ0) is 7.78. The monoisotopic (exact) mass is 142 g/mol. The summed E-state index contributed by atoms with van der Waals surface area (Å²) in [5.41, 5.74) is 5.43. The van der Waals surface area contributed by atoms with Crippen molar-refractivity contribution >= 4 is 5.91 Å². The summed E-state index contributed by atoms with van der Waals surface area (Å²) in [6.07, 6.45) is 2.18. The lowest BCUT2D eigenvalue weighted by atomic mass is 10.2. The van der Waals surface area contributed by atoms with E-state index in [2.05, 4.69) is 5.32 Å². The van der Waals surface area contributed by atoms with Crippen LogP contribution >= 0.6 is 0 Å². The fourth-order valence-electron chi connectivity index (χ4n) is 0.724. The van der Waals surface area contributed by atoms with Crippen molar-refractivity contribution in [2.75, 3.05) is 0 Å². The molecule has 0 spiro atoms. The summed E-state index contributed by atoms with van der Waals surface area (Å²) in [7, 11) is 0. The van der Waals surface area contributed by atoms with Crippen molar-refractivity contribution in [3.05, 3.63) is 0 Å². The second kappa shape index (κ2) is 2.23. The molecule has 3 heteroatoms. The van der Waals surface area contributed by atoms with Crippen molar-refractivity contribution in [3.63, 3.8) is 0 Å². The van der Waals surface area contributed by atoms with E-state index in [9.17, 15) is 4.79 Å². The molecule has 1 atom stereocenters. The molecular weight excluding hydrogens is 128 g/mol. The Kier molecular flexibility index (Phi) is 1.68. The second-order valence-electron chi connectivity index (χ2n) is 3.34. The van der Waals surface area contributed by atoms with Crippen LogP contribution in [0.1, 0.15) is 26.7 Å². The maximum Gasteiger partial charge on any atom is 0.237 e. The Labute approximate surface area is 61.0 Å². The fourth-order valence-corrected chi connectivity index (χ4v) is 0.724. The van der Waals surface area contributed by atoms with E-state index in [1.807, 2.05) is 6.92 Å². The van der Waals surface area contributed by atoms with Crippen molar-refractivity contribution in [2.45, 2.75) is 38.3 Å². The average molecular weight is 142 g/mol.